The van der Waals surface area contributed by atoms with Crippen molar-refractivity contribution in [3.05, 3.63) is 17.7 Å². The zero-order valence-electron chi connectivity index (χ0n) is 10.9. The fourth-order valence-corrected chi connectivity index (χ4v) is 2.31. The Balaban J connectivity index is 2.43. The van der Waals surface area contributed by atoms with Gasteiger partial charge in [0.15, 0.2) is 0 Å². The Morgan fingerprint density at radius 1 is 1.11 bits per heavy atom. The number of β-amino-alcohol motifs (C(OH)–C–C–N with tert-alkyl or cyclic N) is 1. The van der Waals surface area contributed by atoms with Gasteiger partial charge in [0.25, 0.3) is 0 Å². The molecule has 1 aliphatic rings. The molecule has 1 aromatic carbocycles. The Morgan fingerprint density at radius 2 is 1.72 bits per heavy atom. The van der Waals surface area contributed by atoms with E-state index in [1.54, 1.807) is 21.3 Å². The smallest absolute Gasteiger partial charge is 0.131 e. The summed E-state index contributed by atoms with van der Waals surface area (Å²) in [6.45, 7) is 0.586. The summed E-state index contributed by atoms with van der Waals surface area (Å²) in [7, 11) is 4.83. The third-order valence-electron chi connectivity index (χ3n) is 3.21. The first-order chi connectivity index (χ1) is 8.69. The molecule has 0 bridgehead atoms. The Morgan fingerprint density at radius 3 is 2.11 bits per heavy atom. The van der Waals surface area contributed by atoms with Gasteiger partial charge in [0.2, 0.25) is 0 Å². The lowest BCUT2D eigenvalue weighted by Gasteiger charge is -2.19. The zero-order chi connectivity index (χ0) is 13.1. The molecule has 0 amide bonds. The van der Waals surface area contributed by atoms with E-state index >= 15 is 0 Å². The Bertz CT molecular complexity index is 396. The summed E-state index contributed by atoms with van der Waals surface area (Å²) in [5.41, 5.74) is 0.928. The van der Waals surface area contributed by atoms with E-state index in [-0.39, 0.29) is 12.1 Å². The predicted octanol–water partition coefficient (Wildman–Crippen LogP) is 1.11. The molecule has 2 N–H and O–H groups in total. The molecule has 1 fully saturated rings. The number of hydrogen-bond acceptors (Lipinski definition) is 5. The Hall–Kier alpha value is -1.46. The SMILES string of the molecule is COc1cc(OC)c(C2CC(O)CN2)c(OC)c1. The normalized spacial score (nSPS) is 22.9. The van der Waals surface area contributed by atoms with Crippen LogP contribution in [-0.2, 0) is 0 Å². The van der Waals surface area contributed by atoms with E-state index in [9.17, 15) is 5.11 Å². The Kier molecular flexibility index (Phi) is 3.93. The molecule has 2 atom stereocenters. The maximum absolute atomic E-state index is 9.62. The molecule has 0 radical (unpaired) electrons. The molecular formula is C13H19NO4. The summed E-state index contributed by atoms with van der Waals surface area (Å²) in [6.07, 6.45) is 0.325. The predicted molar refractivity (Wildman–Crippen MR) is 67.5 cm³/mol. The lowest BCUT2D eigenvalue weighted by Crippen LogP contribution is -2.16. The van der Waals surface area contributed by atoms with Gasteiger partial charge < -0.3 is 24.6 Å². The van der Waals surface area contributed by atoms with E-state index in [0.29, 0.717) is 30.2 Å². The van der Waals surface area contributed by atoms with Crippen LogP contribution in [0.4, 0.5) is 0 Å². The van der Waals surface area contributed by atoms with Gasteiger partial charge in [0.05, 0.1) is 33.0 Å². The number of benzene rings is 1. The van der Waals surface area contributed by atoms with Gasteiger partial charge in [-0.25, -0.2) is 0 Å². The van der Waals surface area contributed by atoms with Crippen molar-refractivity contribution < 1.29 is 19.3 Å². The quantitative estimate of drug-likeness (QED) is 0.841. The first-order valence-corrected chi connectivity index (χ1v) is 5.91. The molecule has 0 saturated carbocycles. The minimum atomic E-state index is -0.327. The van der Waals surface area contributed by atoms with Crippen LogP contribution in [0.25, 0.3) is 0 Å². The van der Waals surface area contributed by atoms with Crippen LogP contribution in [0, 0.1) is 0 Å². The Labute approximate surface area is 107 Å². The standard InChI is InChI=1S/C13H19NO4/c1-16-9-5-11(17-2)13(12(6-9)18-3)10-4-8(15)7-14-10/h5-6,8,10,14-15H,4,7H2,1-3H3. The highest BCUT2D eigenvalue weighted by molar-refractivity contribution is 5.52. The van der Waals surface area contributed by atoms with E-state index < -0.39 is 0 Å². The van der Waals surface area contributed by atoms with Crippen molar-refractivity contribution >= 4 is 0 Å². The van der Waals surface area contributed by atoms with Gasteiger partial charge >= 0.3 is 0 Å². The molecule has 1 aliphatic heterocycles. The van der Waals surface area contributed by atoms with Crippen molar-refractivity contribution in [3.63, 3.8) is 0 Å². The molecule has 100 valence electrons. The minimum absolute atomic E-state index is 0.0378. The molecule has 0 aliphatic carbocycles. The third kappa shape index (κ3) is 2.37. The molecule has 1 heterocycles. The van der Waals surface area contributed by atoms with Gasteiger partial charge in [0, 0.05) is 24.7 Å². The highest BCUT2D eigenvalue weighted by Crippen LogP contribution is 2.40. The van der Waals surface area contributed by atoms with Crippen molar-refractivity contribution in [2.45, 2.75) is 18.6 Å². The maximum atomic E-state index is 9.62. The van der Waals surface area contributed by atoms with Gasteiger partial charge in [-0.2, -0.15) is 0 Å². The summed E-state index contributed by atoms with van der Waals surface area (Å²) in [5, 5.41) is 12.9. The molecule has 1 saturated heterocycles. The molecular weight excluding hydrogens is 234 g/mol. The average Bonchev–Trinajstić information content (AvgIpc) is 2.83. The van der Waals surface area contributed by atoms with Crippen LogP contribution >= 0.6 is 0 Å². The van der Waals surface area contributed by atoms with Crippen molar-refractivity contribution in [1.82, 2.24) is 5.32 Å². The van der Waals surface area contributed by atoms with Crippen LogP contribution < -0.4 is 19.5 Å². The lowest BCUT2D eigenvalue weighted by atomic mass is 10.0. The summed E-state index contributed by atoms with van der Waals surface area (Å²) in [4.78, 5) is 0. The van der Waals surface area contributed by atoms with Crippen LogP contribution in [0.15, 0.2) is 12.1 Å². The van der Waals surface area contributed by atoms with Crippen LogP contribution in [-0.4, -0.2) is 39.1 Å². The van der Waals surface area contributed by atoms with E-state index in [1.165, 1.54) is 0 Å². The van der Waals surface area contributed by atoms with Crippen LogP contribution in [0.2, 0.25) is 0 Å². The lowest BCUT2D eigenvalue weighted by molar-refractivity contribution is 0.193. The highest BCUT2D eigenvalue weighted by Gasteiger charge is 2.29. The molecule has 2 unspecified atom stereocenters. The highest BCUT2D eigenvalue weighted by atomic mass is 16.5. The second-order valence-electron chi connectivity index (χ2n) is 4.30. The fraction of sp³-hybridized carbons (Fsp3) is 0.538. The number of aliphatic hydroxyl groups excluding tert-OH is 1. The van der Waals surface area contributed by atoms with E-state index in [4.69, 9.17) is 14.2 Å². The second-order valence-corrected chi connectivity index (χ2v) is 4.30. The number of ether oxygens (including phenoxy) is 3. The first kappa shape index (κ1) is 13.0. The average molecular weight is 253 g/mol. The number of aliphatic hydroxyl groups is 1. The minimum Gasteiger partial charge on any atom is -0.496 e. The summed E-state index contributed by atoms with van der Waals surface area (Å²) < 4.78 is 16.0. The molecule has 0 aromatic heterocycles. The van der Waals surface area contributed by atoms with Gasteiger partial charge in [-0.05, 0) is 6.42 Å². The van der Waals surface area contributed by atoms with Crippen molar-refractivity contribution in [2.75, 3.05) is 27.9 Å². The van der Waals surface area contributed by atoms with Crippen LogP contribution in [0.5, 0.6) is 17.2 Å². The van der Waals surface area contributed by atoms with Gasteiger partial charge in [0.1, 0.15) is 17.2 Å². The molecule has 5 nitrogen and oxygen atoms in total. The van der Waals surface area contributed by atoms with Gasteiger partial charge in [-0.15, -0.1) is 0 Å². The van der Waals surface area contributed by atoms with E-state index in [1.807, 2.05) is 12.1 Å². The van der Waals surface area contributed by atoms with Crippen molar-refractivity contribution in [2.24, 2.45) is 0 Å². The van der Waals surface area contributed by atoms with Crippen LogP contribution in [0.1, 0.15) is 18.0 Å². The topological polar surface area (TPSA) is 60.0 Å². The molecule has 5 heteroatoms. The van der Waals surface area contributed by atoms with Crippen molar-refractivity contribution in [3.8, 4) is 17.2 Å². The maximum Gasteiger partial charge on any atom is 0.131 e. The molecule has 0 spiro atoms. The van der Waals surface area contributed by atoms with E-state index in [0.717, 1.165) is 5.56 Å². The summed E-state index contributed by atoms with van der Waals surface area (Å²) in [6, 6.07) is 3.69. The number of nitrogens with one attached hydrogen (secondary N) is 1. The second kappa shape index (κ2) is 5.46. The largest absolute Gasteiger partial charge is 0.496 e. The van der Waals surface area contributed by atoms with E-state index in [2.05, 4.69) is 5.32 Å². The number of rotatable bonds is 4. The van der Waals surface area contributed by atoms with Gasteiger partial charge in [-0.3, -0.25) is 0 Å². The fourth-order valence-electron chi connectivity index (χ4n) is 2.31. The van der Waals surface area contributed by atoms with Gasteiger partial charge in [-0.1, -0.05) is 0 Å². The van der Waals surface area contributed by atoms with Crippen LogP contribution in [0.3, 0.4) is 0 Å². The third-order valence-corrected chi connectivity index (χ3v) is 3.21. The number of methoxy groups -OCH3 is 3. The molecule has 18 heavy (non-hydrogen) atoms. The first-order valence-electron chi connectivity index (χ1n) is 5.91. The summed E-state index contributed by atoms with van der Waals surface area (Å²) >= 11 is 0. The summed E-state index contributed by atoms with van der Waals surface area (Å²) in [5.74, 6) is 2.10. The number of hydrogen-bond donors (Lipinski definition) is 2. The molecule has 2 rings (SSSR count). The molecule has 1 aromatic rings. The van der Waals surface area contributed by atoms with Crippen molar-refractivity contribution in [1.29, 1.82) is 0 Å². The monoisotopic (exact) mass is 253 g/mol. The zero-order valence-corrected chi connectivity index (χ0v) is 10.9.